The first-order chi connectivity index (χ1) is 19.5. The lowest BCUT2D eigenvalue weighted by molar-refractivity contribution is -0.139. The van der Waals surface area contributed by atoms with Crippen LogP contribution in [0.15, 0.2) is 121 Å². The molecule has 5 aromatic rings. The number of carboxylic acids is 1. The first-order valence-corrected chi connectivity index (χ1v) is 13.0. The van der Waals surface area contributed by atoms with Crippen molar-refractivity contribution in [3.63, 3.8) is 0 Å². The molecule has 5 aromatic carbocycles. The van der Waals surface area contributed by atoms with E-state index >= 15 is 0 Å². The van der Waals surface area contributed by atoms with Gasteiger partial charge >= 0.3 is 5.97 Å². The van der Waals surface area contributed by atoms with E-state index in [1.807, 2.05) is 91.0 Å². The first-order valence-electron chi connectivity index (χ1n) is 13.0. The Bertz CT molecular complexity index is 1600. The smallest absolute Gasteiger partial charge is 0.326 e. The van der Waals surface area contributed by atoms with Crippen molar-refractivity contribution in [2.45, 2.75) is 25.7 Å². The van der Waals surface area contributed by atoms with Gasteiger partial charge in [-0.05, 0) is 51.7 Å². The monoisotopic (exact) mass is 531 g/mol. The lowest BCUT2D eigenvalue weighted by Crippen LogP contribution is -2.42. The number of carbonyl (C=O) groups is 2. The maximum Gasteiger partial charge on any atom is 0.326 e. The van der Waals surface area contributed by atoms with Gasteiger partial charge in [0, 0.05) is 12.0 Å². The standard InChI is InChI=1S/C34H29NO5/c36-33(29-17-16-27-13-7-8-14-28(27)21-29)35-30(34(37)38)19-26-15-18-31(39-22-24-9-3-1-4-10-24)32(20-26)40-23-25-11-5-2-6-12-25/h1-18,20-21,30H,19,22-23H2,(H,35,36)(H,37,38)/t30-/m1/s1. The number of ether oxygens (including phenoxy) is 2. The number of carboxylic acid groups (broad SMARTS) is 1. The highest BCUT2D eigenvalue weighted by Gasteiger charge is 2.22. The predicted octanol–water partition coefficient (Wildman–Crippen LogP) is 6.42. The third-order valence-electron chi connectivity index (χ3n) is 6.54. The molecule has 0 fully saturated rings. The molecule has 40 heavy (non-hydrogen) atoms. The normalized spacial score (nSPS) is 11.5. The molecular weight excluding hydrogens is 502 g/mol. The maximum atomic E-state index is 13.0. The van der Waals surface area contributed by atoms with Gasteiger partial charge in [-0.25, -0.2) is 4.79 Å². The number of amides is 1. The van der Waals surface area contributed by atoms with Gasteiger partial charge in [0.15, 0.2) is 11.5 Å². The molecule has 1 atom stereocenters. The second-order valence-electron chi connectivity index (χ2n) is 9.46. The summed E-state index contributed by atoms with van der Waals surface area (Å²) in [5.41, 5.74) is 3.11. The van der Waals surface area contributed by atoms with Crippen LogP contribution in [-0.4, -0.2) is 23.0 Å². The van der Waals surface area contributed by atoms with E-state index in [1.54, 1.807) is 30.3 Å². The van der Waals surface area contributed by atoms with Gasteiger partial charge in [-0.1, -0.05) is 97.1 Å². The van der Waals surface area contributed by atoms with Gasteiger partial charge in [0.1, 0.15) is 19.3 Å². The van der Waals surface area contributed by atoms with Crippen LogP contribution in [0.4, 0.5) is 0 Å². The van der Waals surface area contributed by atoms with Crippen LogP contribution in [0.3, 0.4) is 0 Å². The third kappa shape index (κ3) is 6.85. The summed E-state index contributed by atoms with van der Waals surface area (Å²) in [6, 6.07) is 36.8. The van der Waals surface area contributed by atoms with Crippen LogP contribution in [0.1, 0.15) is 27.0 Å². The average molecular weight is 532 g/mol. The summed E-state index contributed by atoms with van der Waals surface area (Å²) in [4.78, 5) is 25.1. The Hall–Kier alpha value is -5.10. The van der Waals surface area contributed by atoms with Gasteiger partial charge in [-0.2, -0.15) is 0 Å². The number of nitrogens with one attached hydrogen (secondary N) is 1. The van der Waals surface area contributed by atoms with Crippen molar-refractivity contribution in [1.29, 1.82) is 0 Å². The van der Waals surface area contributed by atoms with Crippen LogP contribution < -0.4 is 14.8 Å². The number of aliphatic carboxylic acids is 1. The van der Waals surface area contributed by atoms with Gasteiger partial charge in [0.2, 0.25) is 0 Å². The van der Waals surface area contributed by atoms with Crippen molar-refractivity contribution < 1.29 is 24.2 Å². The minimum atomic E-state index is -1.13. The summed E-state index contributed by atoms with van der Waals surface area (Å²) in [5.74, 6) is -0.510. The second-order valence-corrected chi connectivity index (χ2v) is 9.46. The lowest BCUT2D eigenvalue weighted by Gasteiger charge is -2.18. The molecule has 0 aliphatic rings. The van der Waals surface area contributed by atoms with E-state index in [0.717, 1.165) is 21.9 Å². The molecule has 200 valence electrons. The Morgan fingerprint density at radius 2 is 1.23 bits per heavy atom. The van der Waals surface area contributed by atoms with Gasteiger partial charge in [0.25, 0.3) is 5.91 Å². The predicted molar refractivity (Wildman–Crippen MR) is 155 cm³/mol. The number of carbonyl (C=O) groups excluding carboxylic acids is 1. The fourth-order valence-corrected chi connectivity index (χ4v) is 4.39. The fraction of sp³-hybridized carbons (Fsp3) is 0.118. The van der Waals surface area contributed by atoms with Gasteiger partial charge in [0.05, 0.1) is 0 Å². The Morgan fingerprint density at radius 1 is 0.625 bits per heavy atom. The Balaban J connectivity index is 1.33. The Labute approximate surface area is 232 Å². The third-order valence-corrected chi connectivity index (χ3v) is 6.54. The van der Waals surface area contributed by atoms with E-state index < -0.39 is 17.9 Å². The zero-order chi connectivity index (χ0) is 27.7. The van der Waals surface area contributed by atoms with Crippen molar-refractivity contribution >= 4 is 22.6 Å². The summed E-state index contributed by atoms with van der Waals surface area (Å²) in [7, 11) is 0. The van der Waals surface area contributed by atoms with Crippen molar-refractivity contribution in [2.24, 2.45) is 0 Å². The summed E-state index contributed by atoms with van der Waals surface area (Å²) >= 11 is 0. The number of hydrogen-bond donors (Lipinski definition) is 2. The number of benzene rings is 5. The van der Waals surface area contributed by atoms with Gasteiger partial charge in [-0.15, -0.1) is 0 Å². The number of fused-ring (bicyclic) bond motifs is 1. The highest BCUT2D eigenvalue weighted by molar-refractivity contribution is 6.00. The molecule has 1 amide bonds. The minimum absolute atomic E-state index is 0.0787. The summed E-state index contributed by atoms with van der Waals surface area (Å²) < 4.78 is 12.2. The molecule has 0 aliphatic carbocycles. The zero-order valence-electron chi connectivity index (χ0n) is 21.8. The van der Waals surface area contributed by atoms with Crippen LogP contribution in [0.2, 0.25) is 0 Å². The molecular formula is C34H29NO5. The van der Waals surface area contributed by atoms with Crippen molar-refractivity contribution in [1.82, 2.24) is 5.32 Å². The SMILES string of the molecule is O=C(N[C@H](Cc1ccc(OCc2ccccc2)c(OCc2ccccc2)c1)C(=O)O)c1ccc2ccccc2c1. The maximum absolute atomic E-state index is 13.0. The molecule has 0 unspecified atom stereocenters. The molecule has 0 aliphatic heterocycles. The lowest BCUT2D eigenvalue weighted by atomic mass is 10.0. The van der Waals surface area contributed by atoms with Crippen LogP contribution in [0, 0.1) is 0 Å². The van der Waals surface area contributed by atoms with Crippen molar-refractivity contribution in [2.75, 3.05) is 0 Å². The Kier molecular flexibility index (Phi) is 8.37. The zero-order valence-corrected chi connectivity index (χ0v) is 21.8. The van der Waals surface area contributed by atoms with E-state index in [-0.39, 0.29) is 6.42 Å². The molecule has 0 aromatic heterocycles. The van der Waals surface area contributed by atoms with Crippen molar-refractivity contribution in [3.8, 4) is 11.5 Å². The van der Waals surface area contributed by atoms with Crippen LogP contribution >= 0.6 is 0 Å². The molecule has 0 spiro atoms. The molecule has 5 rings (SSSR count). The number of rotatable bonds is 11. The van der Waals surface area contributed by atoms with Crippen LogP contribution in [0.25, 0.3) is 10.8 Å². The van der Waals surface area contributed by atoms with E-state index in [2.05, 4.69) is 5.32 Å². The summed E-state index contributed by atoms with van der Waals surface area (Å²) in [6.45, 7) is 0.689. The fourth-order valence-electron chi connectivity index (χ4n) is 4.39. The molecule has 0 saturated heterocycles. The first kappa shape index (κ1) is 26.5. The molecule has 0 bridgehead atoms. The topological polar surface area (TPSA) is 84.9 Å². The quantitative estimate of drug-likeness (QED) is 0.205. The average Bonchev–Trinajstić information content (AvgIpc) is 2.99. The molecule has 0 radical (unpaired) electrons. The van der Waals surface area contributed by atoms with E-state index in [4.69, 9.17) is 9.47 Å². The highest BCUT2D eigenvalue weighted by atomic mass is 16.5. The number of hydrogen-bond acceptors (Lipinski definition) is 4. The molecule has 0 saturated carbocycles. The molecule has 0 heterocycles. The van der Waals surface area contributed by atoms with Crippen molar-refractivity contribution in [3.05, 3.63) is 144 Å². The van der Waals surface area contributed by atoms with Crippen LogP contribution in [0.5, 0.6) is 11.5 Å². The Morgan fingerprint density at radius 3 is 1.88 bits per heavy atom. The van der Waals surface area contributed by atoms with E-state index in [9.17, 15) is 14.7 Å². The molecule has 2 N–H and O–H groups in total. The van der Waals surface area contributed by atoms with Gasteiger partial charge < -0.3 is 19.9 Å². The largest absolute Gasteiger partial charge is 0.485 e. The van der Waals surface area contributed by atoms with Crippen LogP contribution in [-0.2, 0) is 24.4 Å². The van der Waals surface area contributed by atoms with Gasteiger partial charge in [-0.3, -0.25) is 4.79 Å². The summed E-state index contributed by atoms with van der Waals surface area (Å²) in [5, 5.41) is 14.5. The van der Waals surface area contributed by atoms with E-state index in [1.165, 1.54) is 0 Å². The second kappa shape index (κ2) is 12.6. The summed E-state index contributed by atoms with van der Waals surface area (Å²) in [6.07, 6.45) is 0.0787. The minimum Gasteiger partial charge on any atom is -0.485 e. The highest BCUT2D eigenvalue weighted by Crippen LogP contribution is 2.31. The molecule has 6 heteroatoms. The van der Waals surface area contributed by atoms with E-state index in [0.29, 0.717) is 35.8 Å². The molecule has 6 nitrogen and oxygen atoms in total.